The maximum absolute atomic E-state index is 11.7. The molecule has 0 fully saturated rings. The number of benzene rings is 1. The number of hydrogen-bond acceptors (Lipinski definition) is 2. The zero-order valence-corrected chi connectivity index (χ0v) is 8.38. The average Bonchev–Trinajstić information content (AvgIpc) is 2.15. The molecular formula is C10H13NOS. The fourth-order valence-electron chi connectivity index (χ4n) is 1.70. The molecule has 0 aliphatic carbocycles. The summed E-state index contributed by atoms with van der Waals surface area (Å²) >= 11 is 0. The number of nitrogens with two attached hydrogens (primary N) is 1. The maximum Gasteiger partial charge on any atom is 0.0536 e. The van der Waals surface area contributed by atoms with Crippen molar-refractivity contribution in [1.29, 1.82) is 0 Å². The lowest BCUT2D eigenvalue weighted by molar-refractivity contribution is 0.497. The highest BCUT2D eigenvalue weighted by atomic mass is 32.2. The summed E-state index contributed by atoms with van der Waals surface area (Å²) in [5, 5.41) is 0. The Morgan fingerprint density at radius 3 is 2.92 bits per heavy atom. The summed E-state index contributed by atoms with van der Waals surface area (Å²) in [4.78, 5) is 0.924. The first kappa shape index (κ1) is 8.91. The van der Waals surface area contributed by atoms with Gasteiger partial charge in [-0.3, -0.25) is 4.21 Å². The molecule has 0 bridgehead atoms. The molecule has 1 aromatic rings. The van der Waals surface area contributed by atoms with E-state index in [1.807, 2.05) is 24.3 Å². The van der Waals surface area contributed by atoms with Crippen molar-refractivity contribution in [2.75, 3.05) is 5.75 Å². The topological polar surface area (TPSA) is 43.1 Å². The van der Waals surface area contributed by atoms with E-state index in [9.17, 15) is 4.21 Å². The average molecular weight is 195 g/mol. The van der Waals surface area contributed by atoms with E-state index in [1.54, 1.807) is 0 Å². The van der Waals surface area contributed by atoms with Gasteiger partial charge >= 0.3 is 0 Å². The van der Waals surface area contributed by atoms with Crippen molar-refractivity contribution < 1.29 is 4.21 Å². The lowest BCUT2D eigenvalue weighted by Crippen LogP contribution is -2.29. The minimum absolute atomic E-state index is 0.0499. The molecule has 0 aromatic heterocycles. The van der Waals surface area contributed by atoms with Crippen LogP contribution in [-0.4, -0.2) is 9.96 Å². The first-order chi connectivity index (χ1) is 6.20. The molecule has 0 saturated carbocycles. The van der Waals surface area contributed by atoms with Crippen molar-refractivity contribution in [2.45, 2.75) is 17.9 Å². The van der Waals surface area contributed by atoms with Crippen LogP contribution in [0, 0.1) is 5.92 Å². The van der Waals surface area contributed by atoms with E-state index in [1.165, 1.54) is 0 Å². The molecule has 1 heterocycles. The van der Waals surface area contributed by atoms with Crippen molar-refractivity contribution in [3.63, 3.8) is 0 Å². The third-order valence-corrected chi connectivity index (χ3v) is 4.24. The Balaban J connectivity index is 2.53. The summed E-state index contributed by atoms with van der Waals surface area (Å²) < 4.78 is 11.7. The van der Waals surface area contributed by atoms with Crippen molar-refractivity contribution in [1.82, 2.24) is 0 Å². The van der Waals surface area contributed by atoms with E-state index in [2.05, 4.69) is 6.92 Å². The van der Waals surface area contributed by atoms with E-state index in [0.29, 0.717) is 11.7 Å². The van der Waals surface area contributed by atoms with Crippen LogP contribution in [-0.2, 0) is 10.8 Å². The number of hydrogen-bond donors (Lipinski definition) is 1. The molecule has 1 aliphatic rings. The van der Waals surface area contributed by atoms with Crippen LogP contribution in [0.4, 0.5) is 0 Å². The minimum atomic E-state index is -0.846. The molecule has 3 heteroatoms. The van der Waals surface area contributed by atoms with Gasteiger partial charge in [0.15, 0.2) is 0 Å². The largest absolute Gasteiger partial charge is 0.324 e. The molecule has 3 unspecified atom stereocenters. The molecule has 1 aliphatic heterocycles. The second kappa shape index (κ2) is 3.24. The van der Waals surface area contributed by atoms with Gasteiger partial charge in [0.05, 0.1) is 10.8 Å². The molecular weight excluding hydrogens is 182 g/mol. The van der Waals surface area contributed by atoms with E-state index in [4.69, 9.17) is 5.73 Å². The molecule has 3 atom stereocenters. The van der Waals surface area contributed by atoms with E-state index in [-0.39, 0.29) is 6.04 Å². The Morgan fingerprint density at radius 1 is 1.46 bits per heavy atom. The van der Waals surface area contributed by atoms with Gasteiger partial charge in [-0.1, -0.05) is 25.1 Å². The molecule has 0 amide bonds. The Kier molecular flexibility index (Phi) is 2.22. The predicted octanol–water partition coefficient (Wildman–Crippen LogP) is 1.44. The number of rotatable bonds is 0. The van der Waals surface area contributed by atoms with Crippen LogP contribution in [0.2, 0.25) is 0 Å². The van der Waals surface area contributed by atoms with Gasteiger partial charge in [0, 0.05) is 16.7 Å². The van der Waals surface area contributed by atoms with Gasteiger partial charge in [-0.15, -0.1) is 0 Å². The minimum Gasteiger partial charge on any atom is -0.324 e. The second-order valence-corrected chi connectivity index (χ2v) is 5.02. The summed E-state index contributed by atoms with van der Waals surface area (Å²) in [6, 6.07) is 7.81. The van der Waals surface area contributed by atoms with Crippen molar-refractivity contribution in [2.24, 2.45) is 11.7 Å². The first-order valence-electron chi connectivity index (χ1n) is 4.43. The van der Waals surface area contributed by atoms with Crippen molar-refractivity contribution in [3.05, 3.63) is 29.8 Å². The van der Waals surface area contributed by atoms with Crippen LogP contribution >= 0.6 is 0 Å². The highest BCUT2D eigenvalue weighted by Gasteiger charge is 2.27. The van der Waals surface area contributed by atoms with Gasteiger partial charge in [0.2, 0.25) is 0 Å². The third-order valence-electron chi connectivity index (χ3n) is 2.55. The Bertz CT molecular complexity index is 351. The molecule has 0 radical (unpaired) electrons. The Morgan fingerprint density at radius 2 is 2.15 bits per heavy atom. The molecule has 1 aromatic carbocycles. The summed E-state index contributed by atoms with van der Waals surface area (Å²) in [5.41, 5.74) is 7.07. The van der Waals surface area contributed by atoms with Gasteiger partial charge in [-0.05, 0) is 17.5 Å². The summed E-state index contributed by atoms with van der Waals surface area (Å²) in [7, 11) is -0.846. The van der Waals surface area contributed by atoms with Gasteiger partial charge in [0.1, 0.15) is 0 Å². The quantitative estimate of drug-likeness (QED) is 0.680. The van der Waals surface area contributed by atoms with Gasteiger partial charge in [-0.25, -0.2) is 0 Å². The van der Waals surface area contributed by atoms with Gasteiger partial charge in [0.25, 0.3) is 0 Å². The standard InChI is InChI=1S/C10H13NOS/c1-7-6-13(12)9-5-3-2-4-8(9)10(7)11/h2-5,7,10H,6,11H2,1H3. The highest BCUT2D eigenvalue weighted by Crippen LogP contribution is 2.31. The van der Waals surface area contributed by atoms with Crippen LogP contribution in [0.25, 0.3) is 0 Å². The normalized spacial score (nSPS) is 32.6. The maximum atomic E-state index is 11.7. The van der Waals surface area contributed by atoms with E-state index >= 15 is 0 Å². The van der Waals surface area contributed by atoms with Crippen LogP contribution in [0.5, 0.6) is 0 Å². The summed E-state index contributed by atoms with van der Waals surface area (Å²) in [6.07, 6.45) is 0. The molecule has 2 nitrogen and oxygen atoms in total. The van der Waals surface area contributed by atoms with E-state index in [0.717, 1.165) is 10.5 Å². The first-order valence-corrected chi connectivity index (χ1v) is 5.75. The SMILES string of the molecule is CC1CS(=O)c2ccccc2C1N. The molecule has 13 heavy (non-hydrogen) atoms. The van der Waals surface area contributed by atoms with Crippen LogP contribution in [0.3, 0.4) is 0 Å². The molecule has 0 spiro atoms. The zero-order valence-electron chi connectivity index (χ0n) is 7.57. The van der Waals surface area contributed by atoms with Crippen LogP contribution < -0.4 is 5.73 Å². The molecule has 2 rings (SSSR count). The highest BCUT2D eigenvalue weighted by molar-refractivity contribution is 7.85. The summed E-state index contributed by atoms with van der Waals surface area (Å²) in [6.45, 7) is 2.05. The fourth-order valence-corrected chi connectivity index (χ4v) is 3.26. The summed E-state index contributed by atoms with van der Waals surface area (Å²) in [5.74, 6) is 1.01. The van der Waals surface area contributed by atoms with Gasteiger partial charge < -0.3 is 5.73 Å². The second-order valence-electron chi connectivity index (χ2n) is 3.55. The van der Waals surface area contributed by atoms with Crippen LogP contribution in [0.1, 0.15) is 18.5 Å². The van der Waals surface area contributed by atoms with Gasteiger partial charge in [-0.2, -0.15) is 0 Å². The molecule has 0 saturated heterocycles. The Hall–Kier alpha value is -0.670. The fraction of sp³-hybridized carbons (Fsp3) is 0.400. The van der Waals surface area contributed by atoms with E-state index < -0.39 is 10.8 Å². The predicted molar refractivity (Wildman–Crippen MR) is 53.8 cm³/mol. The number of fused-ring (bicyclic) bond motifs is 1. The van der Waals surface area contributed by atoms with Crippen molar-refractivity contribution >= 4 is 10.8 Å². The lowest BCUT2D eigenvalue weighted by Gasteiger charge is -2.27. The molecule has 70 valence electrons. The monoisotopic (exact) mass is 195 g/mol. The molecule has 2 N–H and O–H groups in total. The van der Waals surface area contributed by atoms with Crippen LogP contribution in [0.15, 0.2) is 29.2 Å². The lowest BCUT2D eigenvalue weighted by atomic mass is 9.96. The smallest absolute Gasteiger partial charge is 0.0536 e. The zero-order chi connectivity index (χ0) is 9.42. The van der Waals surface area contributed by atoms with Crippen molar-refractivity contribution in [3.8, 4) is 0 Å². The third kappa shape index (κ3) is 1.42. The Labute approximate surface area is 80.6 Å².